The van der Waals surface area contributed by atoms with Crippen molar-refractivity contribution in [1.82, 2.24) is 19.4 Å². The molecule has 6 heteroatoms. The fourth-order valence-electron chi connectivity index (χ4n) is 2.75. The lowest BCUT2D eigenvalue weighted by Gasteiger charge is -2.14. The Kier molecular flexibility index (Phi) is 5.00. The first-order chi connectivity index (χ1) is 10.2. The van der Waals surface area contributed by atoms with E-state index in [9.17, 15) is 0 Å². The maximum absolute atomic E-state index is 4.08. The van der Waals surface area contributed by atoms with Crippen LogP contribution in [0.5, 0.6) is 0 Å². The standard InChI is InChI=1S/C15H22N4S2/c1-12-15(21-17-16-12)10-18(2)9-14-7-13(11-20-14)8-19-5-3-4-6-19/h7,11H,3-6,8-10H2,1-2H3. The van der Waals surface area contributed by atoms with Crippen LogP contribution in [-0.2, 0) is 19.6 Å². The molecule has 2 aromatic heterocycles. The van der Waals surface area contributed by atoms with Gasteiger partial charge in [0.15, 0.2) is 0 Å². The van der Waals surface area contributed by atoms with Crippen molar-refractivity contribution in [1.29, 1.82) is 0 Å². The summed E-state index contributed by atoms with van der Waals surface area (Å²) in [5, 5.41) is 6.40. The summed E-state index contributed by atoms with van der Waals surface area (Å²) in [5.74, 6) is 0. The molecule has 0 atom stereocenters. The summed E-state index contributed by atoms with van der Waals surface area (Å²) in [6, 6.07) is 2.37. The van der Waals surface area contributed by atoms with E-state index in [1.807, 2.05) is 18.3 Å². The van der Waals surface area contributed by atoms with E-state index >= 15 is 0 Å². The molecule has 0 aromatic carbocycles. The van der Waals surface area contributed by atoms with E-state index in [1.165, 1.54) is 52.8 Å². The summed E-state index contributed by atoms with van der Waals surface area (Å²) in [5.41, 5.74) is 2.54. The van der Waals surface area contributed by atoms with Gasteiger partial charge in [-0.25, -0.2) is 0 Å². The highest BCUT2D eigenvalue weighted by atomic mass is 32.1. The molecule has 0 spiro atoms. The summed E-state index contributed by atoms with van der Waals surface area (Å²) in [7, 11) is 2.17. The minimum atomic E-state index is 0.933. The van der Waals surface area contributed by atoms with E-state index in [0.717, 1.165) is 25.3 Å². The van der Waals surface area contributed by atoms with Gasteiger partial charge < -0.3 is 0 Å². The molecule has 1 fully saturated rings. The number of rotatable bonds is 6. The molecular weight excluding hydrogens is 300 g/mol. The van der Waals surface area contributed by atoms with Crippen molar-refractivity contribution in [2.24, 2.45) is 0 Å². The monoisotopic (exact) mass is 322 g/mol. The van der Waals surface area contributed by atoms with Crippen molar-refractivity contribution in [2.75, 3.05) is 20.1 Å². The molecule has 3 heterocycles. The van der Waals surface area contributed by atoms with Crippen LogP contribution in [-0.4, -0.2) is 39.5 Å². The maximum Gasteiger partial charge on any atom is 0.0769 e. The minimum absolute atomic E-state index is 0.933. The highest BCUT2D eigenvalue weighted by Crippen LogP contribution is 2.21. The largest absolute Gasteiger partial charge is 0.299 e. The third-order valence-corrected chi connectivity index (χ3v) is 5.68. The molecular formula is C15H22N4S2. The Hall–Kier alpha value is -0.820. The van der Waals surface area contributed by atoms with E-state index in [4.69, 9.17) is 0 Å². The summed E-state index contributed by atoms with van der Waals surface area (Å²) in [4.78, 5) is 7.61. The maximum atomic E-state index is 4.08. The van der Waals surface area contributed by atoms with Crippen LogP contribution in [0.25, 0.3) is 0 Å². The molecule has 0 saturated carbocycles. The molecule has 2 aromatic rings. The summed E-state index contributed by atoms with van der Waals surface area (Å²) >= 11 is 3.39. The van der Waals surface area contributed by atoms with Crippen molar-refractivity contribution >= 4 is 22.9 Å². The number of aromatic nitrogens is 2. The topological polar surface area (TPSA) is 32.3 Å². The summed E-state index contributed by atoms with van der Waals surface area (Å²) in [6.07, 6.45) is 2.73. The van der Waals surface area contributed by atoms with Gasteiger partial charge in [-0.2, -0.15) is 0 Å². The molecule has 0 radical (unpaired) electrons. The van der Waals surface area contributed by atoms with Crippen LogP contribution in [0.1, 0.15) is 33.9 Å². The van der Waals surface area contributed by atoms with Gasteiger partial charge in [0, 0.05) is 24.5 Å². The molecule has 21 heavy (non-hydrogen) atoms. The Labute approximate surface area is 134 Å². The molecule has 1 aliphatic rings. The van der Waals surface area contributed by atoms with E-state index in [1.54, 1.807) is 0 Å². The number of nitrogens with zero attached hydrogens (tertiary/aromatic N) is 4. The van der Waals surface area contributed by atoms with Crippen molar-refractivity contribution in [3.63, 3.8) is 0 Å². The van der Waals surface area contributed by atoms with Gasteiger partial charge in [0.1, 0.15) is 0 Å². The number of likely N-dealkylation sites (tertiary alicyclic amines) is 1. The zero-order valence-corrected chi connectivity index (χ0v) is 14.3. The SMILES string of the molecule is Cc1nnsc1CN(C)Cc1cc(CN2CCCC2)cs1. The number of aryl methyl sites for hydroxylation is 1. The molecule has 0 aliphatic carbocycles. The first-order valence-electron chi connectivity index (χ1n) is 7.46. The van der Waals surface area contributed by atoms with Crippen molar-refractivity contribution in [3.05, 3.63) is 32.5 Å². The quantitative estimate of drug-likeness (QED) is 0.818. The normalized spacial score (nSPS) is 16.1. The lowest BCUT2D eigenvalue weighted by molar-refractivity contribution is 0.322. The van der Waals surface area contributed by atoms with Crippen LogP contribution >= 0.6 is 22.9 Å². The molecule has 114 valence electrons. The third kappa shape index (κ3) is 4.10. The van der Waals surface area contributed by atoms with Crippen LogP contribution in [0, 0.1) is 6.92 Å². The zero-order chi connectivity index (χ0) is 14.7. The average Bonchev–Trinajstić information content (AvgIpc) is 3.16. The number of thiophene rings is 1. The molecule has 1 saturated heterocycles. The molecule has 0 amide bonds. The van der Waals surface area contributed by atoms with Crippen molar-refractivity contribution in [3.8, 4) is 0 Å². The predicted molar refractivity (Wildman–Crippen MR) is 88.6 cm³/mol. The fourth-order valence-corrected chi connectivity index (χ4v) is 4.43. The Morgan fingerprint density at radius 2 is 2.10 bits per heavy atom. The second-order valence-corrected chi connectivity index (χ2v) is 7.69. The van der Waals surface area contributed by atoms with E-state index in [-0.39, 0.29) is 0 Å². The molecule has 3 rings (SSSR count). The molecule has 0 bridgehead atoms. The zero-order valence-electron chi connectivity index (χ0n) is 12.7. The molecule has 4 nitrogen and oxygen atoms in total. The van der Waals surface area contributed by atoms with Crippen molar-refractivity contribution in [2.45, 2.75) is 39.4 Å². The highest BCUT2D eigenvalue weighted by molar-refractivity contribution is 7.10. The smallest absolute Gasteiger partial charge is 0.0769 e. The first kappa shape index (κ1) is 15.1. The molecule has 0 unspecified atom stereocenters. The van der Waals surface area contributed by atoms with Crippen LogP contribution in [0.2, 0.25) is 0 Å². The Morgan fingerprint density at radius 3 is 2.81 bits per heavy atom. The Balaban J connectivity index is 1.52. The Bertz CT molecular complexity index is 572. The van der Waals surface area contributed by atoms with Gasteiger partial charge in [0.2, 0.25) is 0 Å². The van der Waals surface area contributed by atoms with Gasteiger partial charge in [-0.3, -0.25) is 9.80 Å². The van der Waals surface area contributed by atoms with Crippen LogP contribution < -0.4 is 0 Å². The van der Waals surface area contributed by atoms with Crippen molar-refractivity contribution < 1.29 is 0 Å². The van der Waals surface area contributed by atoms with E-state index in [2.05, 4.69) is 37.9 Å². The average molecular weight is 323 g/mol. The van der Waals surface area contributed by atoms with E-state index < -0.39 is 0 Å². The lowest BCUT2D eigenvalue weighted by atomic mass is 10.3. The summed E-state index contributed by atoms with van der Waals surface area (Å²) < 4.78 is 4.01. The summed E-state index contributed by atoms with van der Waals surface area (Å²) in [6.45, 7) is 7.63. The second kappa shape index (κ2) is 6.96. The molecule has 1 aliphatic heterocycles. The second-order valence-electron chi connectivity index (χ2n) is 5.86. The molecule has 0 N–H and O–H groups in total. The van der Waals surface area contributed by atoms with Gasteiger partial charge in [-0.05, 0) is 68.4 Å². The number of hydrogen-bond acceptors (Lipinski definition) is 6. The van der Waals surface area contributed by atoms with Gasteiger partial charge in [0.05, 0.1) is 10.6 Å². The van der Waals surface area contributed by atoms with Gasteiger partial charge >= 0.3 is 0 Å². The van der Waals surface area contributed by atoms with Crippen LogP contribution in [0.4, 0.5) is 0 Å². The van der Waals surface area contributed by atoms with Crippen LogP contribution in [0.3, 0.4) is 0 Å². The van der Waals surface area contributed by atoms with Crippen LogP contribution in [0.15, 0.2) is 11.4 Å². The van der Waals surface area contributed by atoms with E-state index in [0.29, 0.717) is 0 Å². The van der Waals surface area contributed by atoms with Gasteiger partial charge in [0.25, 0.3) is 0 Å². The minimum Gasteiger partial charge on any atom is -0.299 e. The number of hydrogen-bond donors (Lipinski definition) is 0. The van der Waals surface area contributed by atoms with Gasteiger partial charge in [-0.1, -0.05) is 4.49 Å². The first-order valence-corrected chi connectivity index (χ1v) is 9.11. The third-order valence-electron chi connectivity index (χ3n) is 3.90. The highest BCUT2D eigenvalue weighted by Gasteiger charge is 2.13. The lowest BCUT2D eigenvalue weighted by Crippen LogP contribution is -2.18. The Morgan fingerprint density at radius 1 is 1.29 bits per heavy atom. The van der Waals surface area contributed by atoms with Gasteiger partial charge in [-0.15, -0.1) is 16.4 Å². The predicted octanol–water partition coefficient (Wildman–Crippen LogP) is 3.14. The fraction of sp³-hybridized carbons (Fsp3) is 0.600.